The number of thiazole rings is 1. The van der Waals surface area contributed by atoms with Crippen LogP contribution in [-0.4, -0.2) is 40.6 Å². The minimum Gasteiger partial charge on any atom is -0.481 e. The van der Waals surface area contributed by atoms with E-state index in [0.29, 0.717) is 24.2 Å². The molecule has 0 spiro atoms. The number of alkyl halides is 3. The average molecular weight is 643 g/mol. The molecule has 1 N–H and O–H groups in total. The fraction of sp³-hybridized carbons (Fsp3) is 0.556. The average Bonchev–Trinajstić information content (AvgIpc) is 3.60. The summed E-state index contributed by atoms with van der Waals surface area (Å²) in [6, 6.07) is 12.3. The van der Waals surface area contributed by atoms with Gasteiger partial charge in [-0.25, -0.2) is 9.37 Å². The van der Waals surface area contributed by atoms with Crippen LogP contribution in [-0.2, 0) is 23.8 Å². The highest BCUT2D eigenvalue weighted by molar-refractivity contribution is 7.11. The topological polar surface area (TPSA) is 53.4 Å². The number of aryl methyl sites for hydroxylation is 1. The molecule has 3 aromatic rings. The smallest absolute Gasteiger partial charge is 0.416 e. The van der Waals surface area contributed by atoms with Gasteiger partial charge in [0.05, 0.1) is 22.2 Å². The molecule has 4 atom stereocenters. The lowest BCUT2D eigenvalue weighted by molar-refractivity contribution is -0.144. The molecular weight excluding hydrogens is 600 g/mol. The largest absolute Gasteiger partial charge is 0.481 e. The molecule has 9 heteroatoms. The normalized spacial score (nSPS) is 23.8. The van der Waals surface area contributed by atoms with E-state index in [1.807, 2.05) is 6.07 Å². The Balaban J connectivity index is 1.10. The van der Waals surface area contributed by atoms with Crippen molar-refractivity contribution in [3.8, 4) is 0 Å². The third kappa shape index (κ3) is 7.79. The van der Waals surface area contributed by atoms with Crippen molar-refractivity contribution in [3.05, 3.63) is 86.6 Å². The van der Waals surface area contributed by atoms with Gasteiger partial charge >= 0.3 is 12.1 Å². The predicted molar refractivity (Wildman–Crippen MR) is 168 cm³/mol. The molecule has 4 nitrogen and oxygen atoms in total. The zero-order valence-corrected chi connectivity index (χ0v) is 26.6. The third-order valence-electron chi connectivity index (χ3n) is 10.4. The standard InChI is InChI=1S/C36H42F4N2O2S/c1-2-32-34(45-33(41-32)17-23-8-10-28(11-9-23)36(38,39)40)24-12-14-42(15-13-24)21-27-18-26(31(35(43)44)16-22-6-7-22)20-30(27)25-4-3-5-29(37)19-25/h3-5,8-11,19,22,24,26-27,30-31H,2,6-7,12-18,20-21H2,1H3,(H,43,44)/t26?,27-,30-,31?/m1/s1. The lowest BCUT2D eigenvalue weighted by Gasteiger charge is -2.35. The van der Waals surface area contributed by atoms with Crippen molar-refractivity contribution >= 4 is 17.3 Å². The molecule has 6 rings (SSSR count). The first-order valence-corrected chi connectivity index (χ1v) is 17.2. The number of piperidine rings is 1. The van der Waals surface area contributed by atoms with Gasteiger partial charge in [-0.15, -0.1) is 11.3 Å². The van der Waals surface area contributed by atoms with Gasteiger partial charge in [0, 0.05) is 17.8 Å². The summed E-state index contributed by atoms with van der Waals surface area (Å²) in [5.74, 6) is 0.279. The Hall–Kier alpha value is -2.78. The molecule has 3 aliphatic rings. The molecule has 0 radical (unpaired) electrons. The first-order chi connectivity index (χ1) is 21.6. The number of rotatable bonds is 11. The van der Waals surface area contributed by atoms with Crippen LogP contribution in [0.5, 0.6) is 0 Å². The first kappa shape index (κ1) is 32.2. The summed E-state index contributed by atoms with van der Waals surface area (Å²) in [6.45, 7) is 4.89. The highest BCUT2D eigenvalue weighted by Gasteiger charge is 2.44. The number of carbonyl (C=O) groups is 1. The number of hydrogen-bond donors (Lipinski definition) is 1. The first-order valence-electron chi connectivity index (χ1n) is 16.4. The lowest BCUT2D eigenvalue weighted by Crippen LogP contribution is -2.37. The zero-order valence-electron chi connectivity index (χ0n) is 25.7. The lowest BCUT2D eigenvalue weighted by atomic mass is 9.85. The second-order valence-corrected chi connectivity index (χ2v) is 14.6. The van der Waals surface area contributed by atoms with Gasteiger partial charge < -0.3 is 10.0 Å². The summed E-state index contributed by atoms with van der Waals surface area (Å²) in [6.07, 6.45) is 3.74. The maximum absolute atomic E-state index is 14.3. The van der Waals surface area contributed by atoms with E-state index < -0.39 is 17.7 Å². The van der Waals surface area contributed by atoms with Crippen molar-refractivity contribution in [2.45, 2.75) is 82.7 Å². The van der Waals surface area contributed by atoms with Gasteiger partial charge in [0.25, 0.3) is 0 Å². The molecule has 1 aliphatic heterocycles. The molecule has 2 saturated carbocycles. The number of hydrogen-bond acceptors (Lipinski definition) is 4. The molecule has 2 aromatic carbocycles. The predicted octanol–water partition coefficient (Wildman–Crippen LogP) is 8.94. The van der Waals surface area contributed by atoms with Crippen LogP contribution in [0.25, 0.3) is 0 Å². The summed E-state index contributed by atoms with van der Waals surface area (Å²) in [5.41, 5.74) is 2.28. The van der Waals surface area contributed by atoms with Crippen LogP contribution in [0.2, 0.25) is 0 Å². The maximum Gasteiger partial charge on any atom is 0.416 e. The van der Waals surface area contributed by atoms with Crippen LogP contribution >= 0.6 is 11.3 Å². The van der Waals surface area contributed by atoms with Crippen molar-refractivity contribution in [2.75, 3.05) is 19.6 Å². The maximum atomic E-state index is 14.3. The van der Waals surface area contributed by atoms with E-state index in [1.54, 1.807) is 35.6 Å². The number of halogens is 4. The Morgan fingerprint density at radius 3 is 2.42 bits per heavy atom. The molecule has 45 heavy (non-hydrogen) atoms. The molecule has 1 aromatic heterocycles. The molecule has 0 bridgehead atoms. The molecule has 2 unspecified atom stereocenters. The van der Waals surface area contributed by atoms with E-state index in [4.69, 9.17) is 4.98 Å². The van der Waals surface area contributed by atoms with Crippen molar-refractivity contribution in [3.63, 3.8) is 0 Å². The minimum atomic E-state index is -4.34. The number of aromatic nitrogens is 1. The fourth-order valence-electron chi connectivity index (χ4n) is 7.81. The van der Waals surface area contributed by atoms with Gasteiger partial charge in [-0.1, -0.05) is 44.0 Å². The van der Waals surface area contributed by atoms with Crippen molar-refractivity contribution < 1.29 is 27.5 Å². The van der Waals surface area contributed by atoms with Gasteiger partial charge in [0.2, 0.25) is 0 Å². The summed E-state index contributed by atoms with van der Waals surface area (Å²) in [5, 5.41) is 11.1. The molecule has 3 fully saturated rings. The Morgan fingerprint density at radius 1 is 1.07 bits per heavy atom. The number of likely N-dealkylation sites (tertiary alicyclic amines) is 1. The number of carboxylic acids is 1. The summed E-state index contributed by atoms with van der Waals surface area (Å²) in [7, 11) is 0. The van der Waals surface area contributed by atoms with Gasteiger partial charge in [0.1, 0.15) is 5.82 Å². The second-order valence-electron chi connectivity index (χ2n) is 13.5. The van der Waals surface area contributed by atoms with E-state index in [1.165, 1.54) is 10.9 Å². The third-order valence-corrected chi connectivity index (χ3v) is 11.6. The van der Waals surface area contributed by atoms with E-state index >= 15 is 0 Å². The fourth-order valence-corrected chi connectivity index (χ4v) is 9.17. The summed E-state index contributed by atoms with van der Waals surface area (Å²) >= 11 is 1.70. The van der Waals surface area contributed by atoms with Crippen LogP contribution in [0.3, 0.4) is 0 Å². The van der Waals surface area contributed by atoms with Crippen LogP contribution < -0.4 is 0 Å². The van der Waals surface area contributed by atoms with Crippen molar-refractivity contribution in [1.82, 2.24) is 9.88 Å². The molecule has 2 aliphatic carbocycles. The highest BCUT2D eigenvalue weighted by Crippen LogP contribution is 2.50. The number of benzene rings is 2. The van der Waals surface area contributed by atoms with Gasteiger partial charge in [0.15, 0.2) is 0 Å². The number of nitrogens with zero attached hydrogens (tertiary/aromatic N) is 2. The highest BCUT2D eigenvalue weighted by atomic mass is 32.1. The van der Waals surface area contributed by atoms with Crippen molar-refractivity contribution in [2.24, 2.45) is 23.7 Å². The Morgan fingerprint density at radius 2 is 1.80 bits per heavy atom. The number of aliphatic carboxylic acids is 1. The van der Waals surface area contributed by atoms with Crippen LogP contribution in [0.1, 0.15) is 96.0 Å². The molecular formula is C36H42F4N2O2S. The molecule has 0 amide bonds. The van der Waals surface area contributed by atoms with E-state index in [-0.39, 0.29) is 23.6 Å². The monoisotopic (exact) mass is 642 g/mol. The summed E-state index contributed by atoms with van der Waals surface area (Å²) in [4.78, 5) is 21.0. The second kappa shape index (κ2) is 13.5. The van der Waals surface area contributed by atoms with Crippen LogP contribution in [0, 0.1) is 29.5 Å². The molecule has 2 heterocycles. The minimum absolute atomic E-state index is 0.117. The zero-order chi connectivity index (χ0) is 31.7. The SMILES string of the molecule is CCc1nc(Cc2ccc(C(F)(F)F)cc2)sc1C1CCN(C[C@H]2CC(C(CC3CC3)C(=O)O)C[C@@H]2c2cccc(F)c2)CC1. The Kier molecular flexibility index (Phi) is 9.67. The summed E-state index contributed by atoms with van der Waals surface area (Å²) < 4.78 is 53.2. The Labute approximate surface area is 266 Å². The van der Waals surface area contributed by atoms with Crippen molar-refractivity contribution in [1.29, 1.82) is 0 Å². The number of carboxylic acid groups (broad SMARTS) is 1. The molecule has 1 saturated heterocycles. The van der Waals surface area contributed by atoms with Gasteiger partial charge in [-0.05, 0) is 117 Å². The van der Waals surface area contributed by atoms with E-state index in [2.05, 4.69) is 11.8 Å². The van der Waals surface area contributed by atoms with Gasteiger partial charge in [-0.3, -0.25) is 4.79 Å². The van der Waals surface area contributed by atoms with E-state index in [9.17, 15) is 27.5 Å². The van der Waals surface area contributed by atoms with Crippen LogP contribution in [0.4, 0.5) is 17.6 Å². The Bertz CT molecular complexity index is 1460. The molecule has 242 valence electrons. The quantitative estimate of drug-likeness (QED) is 0.212. The van der Waals surface area contributed by atoms with Crippen LogP contribution in [0.15, 0.2) is 48.5 Å². The van der Waals surface area contributed by atoms with Gasteiger partial charge in [-0.2, -0.15) is 13.2 Å². The van der Waals surface area contributed by atoms with E-state index in [0.717, 1.165) is 105 Å².